The number of carboxylic acids is 1. The molecule has 1 fully saturated rings. The Morgan fingerprint density at radius 3 is 2.59 bits per heavy atom. The predicted molar refractivity (Wildman–Crippen MR) is 108 cm³/mol. The lowest BCUT2D eigenvalue weighted by molar-refractivity contribution is -0.244. The van der Waals surface area contributed by atoms with Gasteiger partial charge in [0.2, 0.25) is 0 Å². The summed E-state index contributed by atoms with van der Waals surface area (Å²) in [5.41, 5.74) is 1.51. The maximum Gasteiger partial charge on any atom is 0.303 e. The van der Waals surface area contributed by atoms with E-state index in [4.69, 9.17) is 19.3 Å². The van der Waals surface area contributed by atoms with Crippen LogP contribution >= 0.6 is 0 Å². The van der Waals surface area contributed by atoms with Crippen LogP contribution in [0.15, 0.2) is 60.7 Å². The van der Waals surface area contributed by atoms with Crippen molar-refractivity contribution in [2.75, 3.05) is 13.7 Å². The highest BCUT2D eigenvalue weighted by Crippen LogP contribution is 2.44. The summed E-state index contributed by atoms with van der Waals surface area (Å²) in [4.78, 5) is 10.6. The van der Waals surface area contributed by atoms with Gasteiger partial charge >= 0.3 is 5.97 Å². The summed E-state index contributed by atoms with van der Waals surface area (Å²) in [5.74, 6) is 0.0274. The molecule has 2 N–H and O–H groups in total. The number of aromatic hydroxyl groups is 1. The smallest absolute Gasteiger partial charge is 0.303 e. The number of carbonyl (C=O) groups is 1. The van der Waals surface area contributed by atoms with E-state index < -0.39 is 12.3 Å². The van der Waals surface area contributed by atoms with Gasteiger partial charge in [0.25, 0.3) is 0 Å². The lowest BCUT2D eigenvalue weighted by atomic mass is 9.91. The minimum absolute atomic E-state index is 0.0182. The number of benzene rings is 2. The molecular weight excluding hydrogens is 372 g/mol. The topological polar surface area (TPSA) is 85.2 Å². The van der Waals surface area contributed by atoms with Crippen molar-refractivity contribution in [2.45, 2.75) is 31.7 Å². The highest BCUT2D eigenvalue weighted by Gasteiger charge is 2.35. The standard InChI is InChI=1S/C23H26O6/c1-27-20-13-8-6-11-18(20)23-28-15-16(9-3-2-4-14-21(25)26)22(29-23)17-10-5-7-12-19(17)24/h2-3,5-8,10-13,16,22-24H,4,9,14-15H2,1H3,(H,25,26)/b3-2-/t16-,22+,23+/m1/s1. The summed E-state index contributed by atoms with van der Waals surface area (Å²) >= 11 is 0. The van der Waals surface area contributed by atoms with Crippen LogP contribution < -0.4 is 4.74 Å². The van der Waals surface area contributed by atoms with Crippen molar-refractivity contribution < 1.29 is 29.2 Å². The SMILES string of the molecule is COc1ccccc1[C@H]1OC[C@@H](C/C=C\CCC(=O)O)[C@@H](c2ccccc2O)O1. The molecule has 3 rings (SSSR count). The molecule has 29 heavy (non-hydrogen) atoms. The van der Waals surface area contributed by atoms with Gasteiger partial charge in [-0.3, -0.25) is 4.79 Å². The summed E-state index contributed by atoms with van der Waals surface area (Å²) in [6.07, 6.45) is 4.07. The fourth-order valence-electron chi connectivity index (χ4n) is 3.45. The van der Waals surface area contributed by atoms with Crippen molar-refractivity contribution >= 4 is 5.97 Å². The van der Waals surface area contributed by atoms with E-state index in [1.807, 2.05) is 48.6 Å². The zero-order chi connectivity index (χ0) is 20.6. The number of para-hydroxylation sites is 2. The van der Waals surface area contributed by atoms with Crippen LogP contribution in [0.1, 0.15) is 42.8 Å². The Kier molecular flexibility index (Phi) is 7.27. The van der Waals surface area contributed by atoms with Crippen molar-refractivity contribution in [2.24, 2.45) is 5.92 Å². The largest absolute Gasteiger partial charge is 0.508 e. The lowest BCUT2D eigenvalue weighted by Crippen LogP contribution is -2.30. The second-order valence-corrected chi connectivity index (χ2v) is 6.92. The van der Waals surface area contributed by atoms with Gasteiger partial charge in [-0.05, 0) is 25.0 Å². The van der Waals surface area contributed by atoms with Gasteiger partial charge in [-0.2, -0.15) is 0 Å². The molecule has 154 valence electrons. The fraction of sp³-hybridized carbons (Fsp3) is 0.348. The molecule has 0 aromatic heterocycles. The van der Waals surface area contributed by atoms with Crippen molar-refractivity contribution in [1.29, 1.82) is 0 Å². The van der Waals surface area contributed by atoms with Crippen LogP contribution in [0.5, 0.6) is 11.5 Å². The highest BCUT2D eigenvalue weighted by atomic mass is 16.7. The Morgan fingerprint density at radius 2 is 1.86 bits per heavy atom. The van der Waals surface area contributed by atoms with Gasteiger partial charge in [0, 0.05) is 23.5 Å². The average Bonchev–Trinajstić information content (AvgIpc) is 2.74. The van der Waals surface area contributed by atoms with Crippen LogP contribution in [-0.4, -0.2) is 29.9 Å². The number of phenols is 1. The molecule has 0 bridgehead atoms. The van der Waals surface area contributed by atoms with Gasteiger partial charge in [0.1, 0.15) is 11.5 Å². The molecule has 1 heterocycles. The number of aliphatic carboxylic acids is 1. The molecule has 0 unspecified atom stereocenters. The van der Waals surface area contributed by atoms with Crippen molar-refractivity contribution in [1.82, 2.24) is 0 Å². The summed E-state index contributed by atoms with van der Waals surface area (Å²) < 4.78 is 17.7. The second-order valence-electron chi connectivity index (χ2n) is 6.92. The van der Waals surface area contributed by atoms with Crippen LogP contribution in [-0.2, 0) is 14.3 Å². The van der Waals surface area contributed by atoms with E-state index in [1.165, 1.54) is 0 Å². The van der Waals surface area contributed by atoms with Gasteiger partial charge in [-0.15, -0.1) is 0 Å². The van der Waals surface area contributed by atoms with Gasteiger partial charge in [0.05, 0.1) is 19.8 Å². The fourth-order valence-corrected chi connectivity index (χ4v) is 3.45. The van der Waals surface area contributed by atoms with E-state index in [0.29, 0.717) is 30.8 Å². The number of methoxy groups -OCH3 is 1. The Morgan fingerprint density at radius 1 is 1.14 bits per heavy atom. The van der Waals surface area contributed by atoms with Gasteiger partial charge in [0.15, 0.2) is 6.29 Å². The molecule has 1 saturated heterocycles. The van der Waals surface area contributed by atoms with Crippen LogP contribution in [0.3, 0.4) is 0 Å². The van der Waals surface area contributed by atoms with Gasteiger partial charge < -0.3 is 24.4 Å². The summed E-state index contributed by atoms with van der Waals surface area (Å²) in [5, 5.41) is 19.1. The average molecular weight is 398 g/mol. The number of phenolic OH excluding ortho intramolecular Hbond substituents is 1. The second kappa shape index (κ2) is 10.1. The minimum atomic E-state index is -0.814. The maximum atomic E-state index is 10.6. The highest BCUT2D eigenvalue weighted by molar-refractivity contribution is 5.66. The van der Waals surface area contributed by atoms with E-state index in [-0.39, 0.29) is 24.2 Å². The zero-order valence-electron chi connectivity index (χ0n) is 16.4. The first-order valence-corrected chi connectivity index (χ1v) is 9.64. The third-order valence-corrected chi connectivity index (χ3v) is 4.93. The van der Waals surface area contributed by atoms with E-state index >= 15 is 0 Å². The third kappa shape index (κ3) is 5.37. The molecule has 2 aromatic rings. The Bertz CT molecular complexity index is 847. The first-order chi connectivity index (χ1) is 14.1. The zero-order valence-corrected chi connectivity index (χ0v) is 16.4. The predicted octanol–water partition coefficient (Wildman–Crippen LogP) is 4.61. The number of allylic oxidation sites excluding steroid dienone is 2. The maximum absolute atomic E-state index is 10.6. The summed E-state index contributed by atoms with van der Waals surface area (Å²) in [7, 11) is 1.60. The number of carboxylic acid groups (broad SMARTS) is 1. The molecule has 2 aromatic carbocycles. The van der Waals surface area contributed by atoms with Crippen LogP contribution in [0.2, 0.25) is 0 Å². The molecular formula is C23H26O6. The van der Waals surface area contributed by atoms with Crippen molar-refractivity contribution in [3.63, 3.8) is 0 Å². The van der Waals surface area contributed by atoms with E-state index in [0.717, 1.165) is 5.56 Å². The first kappa shape index (κ1) is 20.9. The Balaban J connectivity index is 1.79. The quantitative estimate of drug-likeness (QED) is 0.632. The molecule has 0 saturated carbocycles. The molecule has 0 aliphatic carbocycles. The molecule has 0 radical (unpaired) electrons. The van der Waals surface area contributed by atoms with Gasteiger partial charge in [-0.1, -0.05) is 48.6 Å². The monoisotopic (exact) mass is 398 g/mol. The van der Waals surface area contributed by atoms with Crippen molar-refractivity contribution in [3.8, 4) is 11.5 Å². The number of hydrogen-bond acceptors (Lipinski definition) is 5. The molecule has 6 nitrogen and oxygen atoms in total. The molecule has 1 aliphatic rings. The molecule has 0 spiro atoms. The Hall–Kier alpha value is -2.83. The van der Waals surface area contributed by atoms with E-state index in [2.05, 4.69) is 0 Å². The number of rotatable bonds is 8. The van der Waals surface area contributed by atoms with Crippen LogP contribution in [0.4, 0.5) is 0 Å². The molecule has 1 aliphatic heterocycles. The summed E-state index contributed by atoms with van der Waals surface area (Å²) in [6, 6.07) is 14.7. The molecule has 3 atom stereocenters. The number of ether oxygens (including phenoxy) is 3. The van der Waals surface area contributed by atoms with Crippen LogP contribution in [0.25, 0.3) is 0 Å². The van der Waals surface area contributed by atoms with Crippen molar-refractivity contribution in [3.05, 3.63) is 71.8 Å². The molecule has 6 heteroatoms. The first-order valence-electron chi connectivity index (χ1n) is 9.64. The Labute approximate surface area is 170 Å². The van der Waals surface area contributed by atoms with E-state index in [9.17, 15) is 9.90 Å². The molecule has 0 amide bonds. The van der Waals surface area contributed by atoms with Gasteiger partial charge in [-0.25, -0.2) is 0 Å². The lowest BCUT2D eigenvalue weighted by Gasteiger charge is -2.37. The summed E-state index contributed by atoms with van der Waals surface area (Å²) in [6.45, 7) is 0.436. The number of hydrogen-bond donors (Lipinski definition) is 2. The van der Waals surface area contributed by atoms with E-state index in [1.54, 1.807) is 19.2 Å². The minimum Gasteiger partial charge on any atom is -0.508 e. The normalized spacial score (nSPS) is 21.9. The third-order valence-electron chi connectivity index (χ3n) is 4.93. The van der Waals surface area contributed by atoms with Crippen LogP contribution in [0, 0.1) is 5.92 Å².